The smallest absolute Gasteiger partial charge is 0.416 e. The van der Waals surface area contributed by atoms with Crippen molar-refractivity contribution >= 4 is 17.6 Å². The molecule has 39 heavy (non-hydrogen) atoms. The van der Waals surface area contributed by atoms with Gasteiger partial charge in [0, 0.05) is 10.6 Å². The van der Waals surface area contributed by atoms with Crippen molar-refractivity contribution in [3.8, 4) is 22.8 Å². The lowest BCUT2D eigenvalue weighted by atomic mass is 10.2. The summed E-state index contributed by atoms with van der Waals surface area (Å²) in [5, 5.41) is 18.5. The van der Waals surface area contributed by atoms with E-state index in [9.17, 15) is 27.9 Å². The van der Waals surface area contributed by atoms with E-state index < -0.39 is 37.0 Å². The van der Waals surface area contributed by atoms with Gasteiger partial charge in [-0.2, -0.15) is 13.2 Å². The molecular weight excluding hydrogens is 545 g/mol. The number of esters is 1. The van der Waals surface area contributed by atoms with E-state index in [1.165, 1.54) is 28.9 Å². The number of ether oxygens (including phenoxy) is 2. The van der Waals surface area contributed by atoms with Crippen molar-refractivity contribution in [3.63, 3.8) is 0 Å². The van der Waals surface area contributed by atoms with Gasteiger partial charge in [0.25, 0.3) is 0 Å². The quantitative estimate of drug-likeness (QED) is 0.306. The molecule has 0 spiro atoms. The largest absolute Gasteiger partial charge is 0.492 e. The van der Waals surface area contributed by atoms with Gasteiger partial charge in [-0.05, 0) is 43.3 Å². The van der Waals surface area contributed by atoms with E-state index in [2.05, 4.69) is 15.2 Å². The Labute approximate surface area is 224 Å². The van der Waals surface area contributed by atoms with Crippen LogP contribution in [-0.4, -0.2) is 66.2 Å². The van der Waals surface area contributed by atoms with Gasteiger partial charge in [-0.15, -0.1) is 10.2 Å². The molecule has 2 heterocycles. The molecule has 4 aromatic rings. The minimum absolute atomic E-state index is 0.0625. The summed E-state index contributed by atoms with van der Waals surface area (Å²) in [7, 11) is 1.16. The van der Waals surface area contributed by atoms with Gasteiger partial charge in [0.1, 0.15) is 18.0 Å². The zero-order valence-electron chi connectivity index (χ0n) is 20.6. The van der Waals surface area contributed by atoms with Crippen molar-refractivity contribution in [2.24, 2.45) is 0 Å². The first-order valence-electron chi connectivity index (χ1n) is 11.5. The molecule has 2 aromatic carbocycles. The van der Waals surface area contributed by atoms with Crippen molar-refractivity contribution < 1.29 is 32.5 Å². The van der Waals surface area contributed by atoms with E-state index in [1.54, 1.807) is 31.2 Å². The summed E-state index contributed by atoms with van der Waals surface area (Å²) in [5.41, 5.74) is -0.315. The van der Waals surface area contributed by atoms with Crippen molar-refractivity contribution in [3.05, 3.63) is 75.7 Å². The second-order valence-corrected chi connectivity index (χ2v) is 8.53. The number of rotatable bonds is 9. The number of nitrogens with zero attached hydrogens (tertiary/aromatic N) is 6. The van der Waals surface area contributed by atoms with E-state index in [0.717, 1.165) is 11.8 Å². The molecule has 1 atom stereocenters. The molecule has 0 aliphatic carbocycles. The number of aromatic nitrogens is 6. The second kappa shape index (κ2) is 11.3. The zero-order valence-corrected chi connectivity index (χ0v) is 21.3. The molecule has 0 fully saturated rings. The van der Waals surface area contributed by atoms with Gasteiger partial charge in [0.2, 0.25) is 5.82 Å². The molecule has 1 N–H and O–H groups in total. The third-order valence-corrected chi connectivity index (χ3v) is 5.71. The van der Waals surface area contributed by atoms with Crippen molar-refractivity contribution in [1.82, 2.24) is 29.1 Å². The molecule has 0 saturated heterocycles. The molecule has 0 unspecified atom stereocenters. The fourth-order valence-electron chi connectivity index (χ4n) is 3.65. The molecule has 0 aliphatic heterocycles. The number of hydrogen-bond donors (Lipinski definition) is 1. The van der Waals surface area contributed by atoms with Gasteiger partial charge in [-0.25, -0.2) is 23.9 Å². The molecule has 0 aliphatic rings. The topological polar surface area (TPSA) is 126 Å². The minimum atomic E-state index is -4.97. The van der Waals surface area contributed by atoms with Gasteiger partial charge in [-0.3, -0.25) is 4.57 Å². The number of halogens is 4. The minimum Gasteiger partial charge on any atom is -0.492 e. The number of alkyl halides is 3. The molecular formula is C24H22ClF3N6O5. The maximum absolute atomic E-state index is 13.2. The highest BCUT2D eigenvalue weighted by Crippen LogP contribution is 2.25. The SMILES string of the molecule is CCOc1ccccc1-n1nc(Cn2nc(-c3ccc(Cl)cc3)n(C[C@@H](O)C(F)(F)F)c2=O)nc1C(=O)OC. The van der Waals surface area contributed by atoms with Crippen LogP contribution in [0.4, 0.5) is 13.2 Å². The Balaban J connectivity index is 1.79. The fourth-order valence-corrected chi connectivity index (χ4v) is 3.78. The number of hydrogen-bond acceptors (Lipinski definition) is 8. The summed E-state index contributed by atoms with van der Waals surface area (Å²) < 4.78 is 52.5. The highest BCUT2D eigenvalue weighted by atomic mass is 35.5. The molecule has 15 heteroatoms. The van der Waals surface area contributed by atoms with Crippen LogP contribution < -0.4 is 10.4 Å². The Morgan fingerprint density at radius 3 is 2.46 bits per heavy atom. The van der Waals surface area contributed by atoms with Gasteiger partial charge in [-0.1, -0.05) is 23.7 Å². The number of aliphatic hydroxyl groups is 1. The van der Waals surface area contributed by atoms with E-state index in [0.29, 0.717) is 27.6 Å². The van der Waals surface area contributed by atoms with Gasteiger partial charge in [0.05, 0.1) is 20.3 Å². The predicted octanol–water partition coefficient (Wildman–Crippen LogP) is 3.10. The average Bonchev–Trinajstić information content (AvgIpc) is 3.45. The molecule has 11 nitrogen and oxygen atoms in total. The Kier molecular flexibility index (Phi) is 8.06. The van der Waals surface area contributed by atoms with E-state index in [-0.39, 0.29) is 23.0 Å². The lowest BCUT2D eigenvalue weighted by Crippen LogP contribution is -2.37. The lowest BCUT2D eigenvalue weighted by Gasteiger charge is -2.15. The zero-order chi connectivity index (χ0) is 28.3. The van der Waals surface area contributed by atoms with Gasteiger partial charge >= 0.3 is 17.8 Å². The first-order valence-corrected chi connectivity index (χ1v) is 11.9. The van der Waals surface area contributed by atoms with Crippen LogP contribution >= 0.6 is 11.6 Å². The second-order valence-electron chi connectivity index (χ2n) is 8.09. The van der Waals surface area contributed by atoms with Crippen LogP contribution in [0.25, 0.3) is 17.1 Å². The standard InChI is InChI=1S/C24H22ClF3N6O5/c1-3-39-17-7-5-4-6-16(17)34-21(22(36)38-2)29-19(30-34)13-33-23(37)32(12-18(35)24(26,27)28)20(31-33)14-8-10-15(25)11-9-14/h4-11,18,35H,3,12-13H2,1-2H3/t18-/m1/s1. The Hall–Kier alpha value is -4.17. The van der Waals surface area contributed by atoms with Crippen LogP contribution in [0.1, 0.15) is 23.4 Å². The van der Waals surface area contributed by atoms with E-state index in [1.807, 2.05) is 0 Å². The van der Waals surface area contributed by atoms with Crippen molar-refractivity contribution in [1.29, 1.82) is 0 Å². The maximum Gasteiger partial charge on any atom is 0.416 e. The summed E-state index contributed by atoms with van der Waals surface area (Å²) in [6.45, 7) is 0.595. The Morgan fingerprint density at radius 1 is 1.13 bits per heavy atom. The van der Waals surface area contributed by atoms with Gasteiger partial charge in [0.15, 0.2) is 17.8 Å². The predicted molar refractivity (Wildman–Crippen MR) is 132 cm³/mol. The fraction of sp³-hybridized carbons (Fsp3) is 0.292. The number of carbonyl (C=O) groups is 1. The van der Waals surface area contributed by atoms with Crippen LogP contribution in [0.3, 0.4) is 0 Å². The molecule has 0 saturated carbocycles. The van der Waals surface area contributed by atoms with Crippen LogP contribution in [0.2, 0.25) is 5.02 Å². The van der Waals surface area contributed by atoms with Crippen LogP contribution in [0.15, 0.2) is 53.3 Å². The monoisotopic (exact) mass is 566 g/mol. The third kappa shape index (κ3) is 5.96. The third-order valence-electron chi connectivity index (χ3n) is 5.46. The highest BCUT2D eigenvalue weighted by molar-refractivity contribution is 6.30. The van der Waals surface area contributed by atoms with Crippen LogP contribution in [0, 0.1) is 0 Å². The lowest BCUT2D eigenvalue weighted by molar-refractivity contribution is -0.207. The average molecular weight is 567 g/mol. The molecule has 0 bridgehead atoms. The summed E-state index contributed by atoms with van der Waals surface area (Å²) in [4.78, 5) is 29.8. The summed E-state index contributed by atoms with van der Waals surface area (Å²) >= 11 is 5.91. The highest BCUT2D eigenvalue weighted by Gasteiger charge is 2.39. The first-order chi connectivity index (χ1) is 18.5. The number of para-hydroxylation sites is 2. The van der Waals surface area contributed by atoms with Gasteiger partial charge < -0.3 is 14.6 Å². The summed E-state index contributed by atoms with van der Waals surface area (Å²) in [6.07, 6.45) is -7.79. The summed E-state index contributed by atoms with van der Waals surface area (Å²) in [5.74, 6) is -0.860. The molecule has 4 rings (SSSR count). The number of methoxy groups -OCH3 is 1. The van der Waals surface area contributed by atoms with Crippen molar-refractivity contribution in [2.75, 3.05) is 13.7 Å². The number of benzene rings is 2. The van der Waals surface area contributed by atoms with Crippen molar-refractivity contribution in [2.45, 2.75) is 32.3 Å². The molecule has 0 amide bonds. The van der Waals surface area contributed by atoms with E-state index in [4.69, 9.17) is 21.1 Å². The summed E-state index contributed by atoms with van der Waals surface area (Å²) in [6, 6.07) is 12.6. The Morgan fingerprint density at radius 2 is 1.82 bits per heavy atom. The molecule has 2 aromatic heterocycles. The normalized spacial score (nSPS) is 12.4. The van der Waals surface area contributed by atoms with E-state index >= 15 is 0 Å². The van der Waals surface area contributed by atoms with Crippen LogP contribution in [-0.2, 0) is 17.8 Å². The first kappa shape index (κ1) is 27.9. The molecule has 206 valence electrons. The molecule has 0 radical (unpaired) electrons. The number of carbonyl (C=O) groups excluding carboxylic acids is 1. The number of aliphatic hydroxyl groups excluding tert-OH is 1. The maximum atomic E-state index is 13.2. The Bertz CT molecular complexity index is 1530. The van der Waals surface area contributed by atoms with Crippen LogP contribution in [0.5, 0.6) is 5.75 Å².